The second kappa shape index (κ2) is 6.15. The lowest BCUT2D eigenvalue weighted by atomic mass is 10.1. The predicted molar refractivity (Wildman–Crippen MR) is 86.1 cm³/mol. The zero-order chi connectivity index (χ0) is 15.5. The molecule has 7 heteroatoms. The van der Waals surface area contributed by atoms with Gasteiger partial charge in [-0.3, -0.25) is 9.78 Å². The predicted octanol–water partition coefficient (Wildman–Crippen LogP) is 3.37. The van der Waals surface area contributed by atoms with Crippen LogP contribution < -0.4 is 11.1 Å². The van der Waals surface area contributed by atoms with E-state index in [1.54, 1.807) is 12.1 Å². The van der Waals surface area contributed by atoms with Crippen molar-refractivity contribution in [3.8, 4) is 11.3 Å². The molecule has 0 aliphatic carbocycles. The maximum Gasteiger partial charge on any atom is 0.417 e. The molecule has 114 valence electrons. The lowest BCUT2D eigenvalue weighted by Crippen LogP contribution is -2.10. The quantitative estimate of drug-likeness (QED) is 0.755. The first-order valence-corrected chi connectivity index (χ1v) is 7.92. The number of oxazole rings is 1. The van der Waals surface area contributed by atoms with Crippen LogP contribution in [0.5, 0.6) is 0 Å². The minimum atomic E-state index is -0.477. The molecule has 2 aromatic heterocycles. The van der Waals surface area contributed by atoms with Gasteiger partial charge in [0.25, 0.3) is 0 Å². The number of rotatable bonds is 5. The van der Waals surface area contributed by atoms with Crippen LogP contribution in [0.2, 0.25) is 0 Å². The summed E-state index contributed by atoms with van der Waals surface area (Å²) in [6.45, 7) is 2.05. The molecule has 0 fully saturated rings. The topological polar surface area (TPSA) is 88.0 Å². The van der Waals surface area contributed by atoms with Crippen LogP contribution in [0.15, 0.2) is 32.8 Å². The van der Waals surface area contributed by atoms with Gasteiger partial charge in [-0.1, -0.05) is 19.4 Å². The van der Waals surface area contributed by atoms with Gasteiger partial charge in [0.2, 0.25) is 5.91 Å². The zero-order valence-corrected chi connectivity index (χ0v) is 12.8. The van der Waals surface area contributed by atoms with Gasteiger partial charge in [0.1, 0.15) is 0 Å². The number of carbonyl (C=O) groups is 1. The highest BCUT2D eigenvalue weighted by Crippen LogP contribution is 2.27. The summed E-state index contributed by atoms with van der Waals surface area (Å²) >= 11 is 1.37. The van der Waals surface area contributed by atoms with E-state index in [0.29, 0.717) is 22.7 Å². The van der Waals surface area contributed by atoms with Crippen LogP contribution in [0.4, 0.5) is 5.13 Å². The van der Waals surface area contributed by atoms with Crippen LogP contribution >= 0.6 is 11.3 Å². The lowest BCUT2D eigenvalue weighted by molar-refractivity contribution is -0.116. The summed E-state index contributed by atoms with van der Waals surface area (Å²) in [6, 6.07) is 5.38. The van der Waals surface area contributed by atoms with E-state index in [-0.39, 0.29) is 5.91 Å². The number of unbranched alkanes of at least 4 members (excludes halogenated alkanes) is 1. The maximum atomic E-state index is 11.7. The van der Waals surface area contributed by atoms with Gasteiger partial charge in [0.15, 0.2) is 10.7 Å². The Morgan fingerprint density at radius 1 is 1.45 bits per heavy atom. The number of benzene rings is 1. The molecule has 0 unspecified atom stereocenters. The molecule has 2 heterocycles. The number of aromatic amines is 1. The molecule has 22 heavy (non-hydrogen) atoms. The van der Waals surface area contributed by atoms with Crippen molar-refractivity contribution in [2.45, 2.75) is 26.2 Å². The largest absolute Gasteiger partial charge is 0.417 e. The SMILES string of the molecule is CCCCC(=O)Nc1nc(-c2ccc3[nH]c(=O)oc3c2)cs1. The average Bonchev–Trinajstić information content (AvgIpc) is 3.09. The molecule has 0 atom stereocenters. The van der Waals surface area contributed by atoms with Gasteiger partial charge in [-0.2, -0.15) is 0 Å². The minimum Gasteiger partial charge on any atom is -0.408 e. The van der Waals surface area contributed by atoms with Crippen LogP contribution in [0.1, 0.15) is 26.2 Å². The number of carbonyl (C=O) groups excluding carboxylic acids is 1. The first kappa shape index (κ1) is 14.5. The van der Waals surface area contributed by atoms with Crippen molar-refractivity contribution in [3.63, 3.8) is 0 Å². The zero-order valence-electron chi connectivity index (χ0n) is 12.0. The third-order valence-corrected chi connectivity index (χ3v) is 3.98. The molecular formula is C15H15N3O3S. The van der Waals surface area contributed by atoms with Gasteiger partial charge in [-0.25, -0.2) is 9.78 Å². The summed E-state index contributed by atoms with van der Waals surface area (Å²) in [6.07, 6.45) is 2.36. The first-order chi connectivity index (χ1) is 10.7. The van der Waals surface area contributed by atoms with E-state index in [4.69, 9.17) is 4.42 Å². The van der Waals surface area contributed by atoms with Crippen LogP contribution in [0, 0.1) is 0 Å². The molecule has 0 radical (unpaired) electrons. The van der Waals surface area contributed by atoms with Gasteiger partial charge in [0.05, 0.1) is 11.2 Å². The van der Waals surface area contributed by atoms with Crippen LogP contribution in [0.3, 0.4) is 0 Å². The third kappa shape index (κ3) is 3.09. The van der Waals surface area contributed by atoms with E-state index in [1.165, 1.54) is 11.3 Å². The Hall–Kier alpha value is -2.41. The van der Waals surface area contributed by atoms with Gasteiger partial charge < -0.3 is 9.73 Å². The number of thiazole rings is 1. The molecular weight excluding hydrogens is 302 g/mol. The number of H-pyrrole nitrogens is 1. The summed E-state index contributed by atoms with van der Waals surface area (Å²) in [5.41, 5.74) is 2.71. The standard InChI is InChI=1S/C15H15N3O3S/c1-2-3-4-13(19)18-14-16-11(8-22-14)9-5-6-10-12(7-9)21-15(20)17-10/h5-8H,2-4H2,1H3,(H,17,20)(H,16,18,19). The van der Waals surface area contributed by atoms with Crippen molar-refractivity contribution in [2.75, 3.05) is 5.32 Å². The van der Waals surface area contributed by atoms with Crippen molar-refractivity contribution in [1.29, 1.82) is 0 Å². The number of amides is 1. The van der Waals surface area contributed by atoms with Crippen molar-refractivity contribution < 1.29 is 9.21 Å². The normalized spacial score (nSPS) is 11.0. The highest BCUT2D eigenvalue weighted by molar-refractivity contribution is 7.14. The van der Waals surface area contributed by atoms with Crippen molar-refractivity contribution in [3.05, 3.63) is 34.1 Å². The van der Waals surface area contributed by atoms with Crippen molar-refractivity contribution in [1.82, 2.24) is 9.97 Å². The third-order valence-electron chi connectivity index (χ3n) is 3.22. The lowest BCUT2D eigenvalue weighted by Gasteiger charge is -2.00. The second-order valence-corrected chi connectivity index (χ2v) is 5.77. The number of nitrogens with zero attached hydrogens (tertiary/aromatic N) is 1. The van der Waals surface area contributed by atoms with E-state index in [2.05, 4.69) is 15.3 Å². The summed E-state index contributed by atoms with van der Waals surface area (Å²) in [5.74, 6) is -0.496. The number of aromatic nitrogens is 2. The molecule has 0 bridgehead atoms. The highest BCUT2D eigenvalue weighted by atomic mass is 32.1. The molecule has 3 rings (SSSR count). The van der Waals surface area contributed by atoms with Crippen LogP contribution in [-0.2, 0) is 4.79 Å². The molecule has 1 aromatic carbocycles. The van der Waals surface area contributed by atoms with Crippen molar-refractivity contribution in [2.24, 2.45) is 0 Å². The van der Waals surface area contributed by atoms with Crippen LogP contribution in [-0.4, -0.2) is 15.9 Å². The van der Waals surface area contributed by atoms with E-state index >= 15 is 0 Å². The Morgan fingerprint density at radius 3 is 3.14 bits per heavy atom. The second-order valence-electron chi connectivity index (χ2n) is 4.92. The van der Waals surface area contributed by atoms with Gasteiger partial charge in [-0.05, 0) is 18.6 Å². The molecule has 0 saturated carbocycles. The smallest absolute Gasteiger partial charge is 0.408 e. The van der Waals surface area contributed by atoms with Gasteiger partial charge in [0, 0.05) is 17.4 Å². The highest BCUT2D eigenvalue weighted by Gasteiger charge is 2.09. The monoisotopic (exact) mass is 317 g/mol. The molecule has 0 saturated heterocycles. The number of anilines is 1. The average molecular weight is 317 g/mol. The van der Waals surface area contributed by atoms with Gasteiger partial charge >= 0.3 is 5.76 Å². The molecule has 0 aliphatic rings. The Labute approximate surface area is 130 Å². The summed E-state index contributed by atoms with van der Waals surface area (Å²) in [5, 5.41) is 5.24. The summed E-state index contributed by atoms with van der Waals surface area (Å²) < 4.78 is 5.04. The molecule has 3 aromatic rings. The van der Waals surface area contributed by atoms with Crippen molar-refractivity contribution >= 4 is 33.5 Å². The molecule has 0 spiro atoms. The van der Waals surface area contributed by atoms with Crippen LogP contribution in [0.25, 0.3) is 22.4 Å². The molecule has 1 amide bonds. The fourth-order valence-corrected chi connectivity index (χ4v) is 2.82. The molecule has 6 nitrogen and oxygen atoms in total. The number of nitrogens with one attached hydrogen (secondary N) is 2. The summed E-state index contributed by atoms with van der Waals surface area (Å²) in [7, 11) is 0. The molecule has 0 aliphatic heterocycles. The molecule has 2 N–H and O–H groups in total. The number of fused-ring (bicyclic) bond motifs is 1. The first-order valence-electron chi connectivity index (χ1n) is 7.04. The Kier molecular flexibility index (Phi) is 4.06. The number of hydrogen-bond acceptors (Lipinski definition) is 5. The fraction of sp³-hybridized carbons (Fsp3) is 0.267. The van der Waals surface area contributed by atoms with E-state index in [1.807, 2.05) is 18.4 Å². The van der Waals surface area contributed by atoms with E-state index < -0.39 is 5.76 Å². The summed E-state index contributed by atoms with van der Waals surface area (Å²) in [4.78, 5) is 29.9. The fourth-order valence-electron chi connectivity index (χ4n) is 2.09. The van der Waals surface area contributed by atoms with E-state index in [9.17, 15) is 9.59 Å². The Balaban J connectivity index is 1.79. The Morgan fingerprint density at radius 2 is 2.32 bits per heavy atom. The maximum absolute atomic E-state index is 11.7. The Bertz CT molecular complexity index is 862. The van der Waals surface area contributed by atoms with Gasteiger partial charge in [-0.15, -0.1) is 11.3 Å². The minimum absolute atomic E-state index is 0.0187. The van der Waals surface area contributed by atoms with E-state index in [0.717, 1.165) is 24.1 Å². The number of hydrogen-bond donors (Lipinski definition) is 2.